The van der Waals surface area contributed by atoms with E-state index in [1.165, 1.54) is 30.5 Å². The molecule has 0 aliphatic heterocycles. The van der Waals surface area contributed by atoms with Crippen LogP contribution in [0.5, 0.6) is 0 Å². The standard InChI is InChI=1S/C30H42N2O2/c1-29-17-15-23(33)19-21(29)8-11-24-25-12-13-27(30(25,2)18-16-26(24)29)28(31-34)14-7-20-5-9-22(10-6-20)32(3)4/h5-10,14,23-27,33-34H,11-13,15-19H2,1-4H3/b14-7+,31-28+/t23-,24-,25-,26-,27+,29-,30-/m0/s1. The van der Waals surface area contributed by atoms with Crippen LogP contribution >= 0.6 is 0 Å². The molecule has 4 aliphatic rings. The minimum absolute atomic E-state index is 0.144. The maximum Gasteiger partial charge on any atom is 0.0832 e. The van der Waals surface area contributed by atoms with Crippen molar-refractivity contribution in [3.05, 3.63) is 47.6 Å². The van der Waals surface area contributed by atoms with Crippen LogP contribution in [0.1, 0.15) is 70.8 Å². The van der Waals surface area contributed by atoms with E-state index < -0.39 is 0 Å². The fourth-order valence-corrected chi connectivity index (χ4v) is 8.41. The first kappa shape index (κ1) is 23.7. The van der Waals surface area contributed by atoms with Crippen molar-refractivity contribution in [2.24, 2.45) is 39.7 Å². The second kappa shape index (κ2) is 8.86. The van der Waals surface area contributed by atoms with Crippen LogP contribution in [0.25, 0.3) is 6.08 Å². The van der Waals surface area contributed by atoms with E-state index in [0.29, 0.717) is 11.8 Å². The Balaban J connectivity index is 1.35. The van der Waals surface area contributed by atoms with Crippen molar-refractivity contribution in [3.8, 4) is 0 Å². The molecule has 5 rings (SSSR count). The van der Waals surface area contributed by atoms with E-state index in [2.05, 4.69) is 66.4 Å². The van der Waals surface area contributed by atoms with Crippen LogP contribution in [0, 0.1) is 34.5 Å². The number of nitrogens with zero attached hydrogens (tertiary/aromatic N) is 2. The van der Waals surface area contributed by atoms with Crippen molar-refractivity contribution in [2.45, 2.75) is 71.3 Å². The highest BCUT2D eigenvalue weighted by atomic mass is 16.4. The summed E-state index contributed by atoms with van der Waals surface area (Å²) >= 11 is 0. The summed E-state index contributed by atoms with van der Waals surface area (Å²) < 4.78 is 0. The molecule has 3 fully saturated rings. The Morgan fingerprint density at radius 3 is 2.50 bits per heavy atom. The molecule has 184 valence electrons. The summed E-state index contributed by atoms with van der Waals surface area (Å²) in [5.41, 5.74) is 5.16. The van der Waals surface area contributed by atoms with E-state index in [9.17, 15) is 10.3 Å². The SMILES string of the molecule is CN(C)c1ccc(/C=C/C(=N\O)[C@H]2CC[C@H]3[C@@H]4CC=C5C[C@@H](O)CC[C@]5(C)[C@H]4CC[C@]23C)cc1. The van der Waals surface area contributed by atoms with Gasteiger partial charge in [-0.15, -0.1) is 0 Å². The highest BCUT2D eigenvalue weighted by molar-refractivity contribution is 6.00. The third-order valence-electron chi connectivity index (χ3n) is 10.4. The summed E-state index contributed by atoms with van der Waals surface area (Å²) in [6.45, 7) is 4.96. The molecule has 0 amide bonds. The van der Waals surface area contributed by atoms with Crippen LogP contribution in [-0.2, 0) is 0 Å². The van der Waals surface area contributed by atoms with Crippen LogP contribution in [0.4, 0.5) is 5.69 Å². The van der Waals surface area contributed by atoms with Gasteiger partial charge >= 0.3 is 0 Å². The third-order valence-corrected chi connectivity index (χ3v) is 10.4. The Morgan fingerprint density at radius 1 is 1.03 bits per heavy atom. The summed E-state index contributed by atoms with van der Waals surface area (Å²) in [5.74, 6) is 2.45. The molecule has 34 heavy (non-hydrogen) atoms. The molecule has 4 heteroatoms. The number of rotatable bonds is 4. The third kappa shape index (κ3) is 3.82. The normalized spacial score (nSPS) is 39.9. The molecule has 4 nitrogen and oxygen atoms in total. The van der Waals surface area contributed by atoms with E-state index in [1.54, 1.807) is 0 Å². The molecule has 1 aromatic carbocycles. The van der Waals surface area contributed by atoms with Crippen LogP contribution in [0.3, 0.4) is 0 Å². The summed E-state index contributed by atoms with van der Waals surface area (Å²) in [5, 5.41) is 24.1. The van der Waals surface area contributed by atoms with Crippen molar-refractivity contribution in [1.29, 1.82) is 0 Å². The number of oxime groups is 1. The average molecular weight is 463 g/mol. The Labute approximate surface area is 205 Å². The van der Waals surface area contributed by atoms with Gasteiger partial charge in [0.15, 0.2) is 0 Å². The number of hydrogen-bond donors (Lipinski definition) is 2. The van der Waals surface area contributed by atoms with Gasteiger partial charge in [-0.3, -0.25) is 0 Å². The Kier molecular flexibility index (Phi) is 6.16. The number of aliphatic hydroxyl groups is 1. The molecule has 0 bridgehead atoms. The van der Waals surface area contributed by atoms with Gasteiger partial charge in [0.2, 0.25) is 0 Å². The number of anilines is 1. The number of hydrogen-bond acceptors (Lipinski definition) is 4. The lowest BCUT2D eigenvalue weighted by molar-refractivity contribution is -0.0424. The van der Waals surface area contributed by atoms with Crippen LogP contribution in [0.2, 0.25) is 0 Å². The van der Waals surface area contributed by atoms with Gasteiger partial charge in [0.1, 0.15) is 0 Å². The quantitative estimate of drug-likeness (QED) is 0.231. The number of allylic oxidation sites excluding steroid dienone is 2. The smallest absolute Gasteiger partial charge is 0.0832 e. The van der Waals surface area contributed by atoms with E-state index in [0.717, 1.165) is 55.2 Å². The van der Waals surface area contributed by atoms with Gasteiger partial charge in [-0.05, 0) is 104 Å². The molecule has 0 radical (unpaired) electrons. The fraction of sp³-hybridized carbons (Fsp3) is 0.633. The van der Waals surface area contributed by atoms with Crippen molar-refractivity contribution >= 4 is 17.5 Å². The molecule has 2 N–H and O–H groups in total. The molecule has 4 aliphatic carbocycles. The van der Waals surface area contributed by atoms with Crippen molar-refractivity contribution in [2.75, 3.05) is 19.0 Å². The van der Waals surface area contributed by atoms with Crippen LogP contribution < -0.4 is 4.90 Å². The van der Waals surface area contributed by atoms with Crippen LogP contribution in [-0.4, -0.2) is 36.2 Å². The minimum atomic E-state index is -0.144. The lowest BCUT2D eigenvalue weighted by Crippen LogP contribution is -2.51. The highest BCUT2D eigenvalue weighted by Crippen LogP contribution is 2.66. The number of aliphatic hydroxyl groups excluding tert-OH is 1. The topological polar surface area (TPSA) is 56.1 Å². The molecule has 0 heterocycles. The van der Waals surface area contributed by atoms with E-state index in [1.807, 2.05) is 14.1 Å². The van der Waals surface area contributed by atoms with Crippen molar-refractivity contribution < 1.29 is 10.3 Å². The second-order valence-corrected chi connectivity index (χ2v) is 12.2. The Bertz CT molecular complexity index is 994. The zero-order valence-corrected chi connectivity index (χ0v) is 21.4. The van der Waals surface area contributed by atoms with Gasteiger partial charge in [-0.2, -0.15) is 0 Å². The van der Waals surface area contributed by atoms with Crippen molar-refractivity contribution in [1.82, 2.24) is 0 Å². The monoisotopic (exact) mass is 462 g/mol. The highest BCUT2D eigenvalue weighted by Gasteiger charge is 2.59. The average Bonchev–Trinajstić information content (AvgIpc) is 3.17. The van der Waals surface area contributed by atoms with E-state index in [4.69, 9.17) is 0 Å². The molecule has 0 spiro atoms. The maximum absolute atomic E-state index is 10.3. The predicted molar refractivity (Wildman–Crippen MR) is 140 cm³/mol. The minimum Gasteiger partial charge on any atom is -0.411 e. The Morgan fingerprint density at radius 2 is 1.79 bits per heavy atom. The van der Waals surface area contributed by atoms with Crippen LogP contribution in [0.15, 0.2) is 47.1 Å². The van der Waals surface area contributed by atoms with Crippen molar-refractivity contribution in [3.63, 3.8) is 0 Å². The lowest BCUT2D eigenvalue weighted by atomic mass is 9.47. The molecule has 0 unspecified atom stereocenters. The molecular formula is C30H42N2O2. The van der Waals surface area contributed by atoms with Gasteiger partial charge in [-0.25, -0.2) is 0 Å². The molecule has 1 aromatic rings. The summed E-state index contributed by atoms with van der Waals surface area (Å²) in [4.78, 5) is 2.10. The first-order chi connectivity index (χ1) is 16.3. The van der Waals surface area contributed by atoms with Gasteiger partial charge < -0.3 is 15.2 Å². The summed E-state index contributed by atoms with van der Waals surface area (Å²) in [6.07, 6.45) is 15.4. The zero-order chi connectivity index (χ0) is 24.1. The molecule has 7 atom stereocenters. The van der Waals surface area contributed by atoms with E-state index >= 15 is 0 Å². The number of fused-ring (bicyclic) bond motifs is 5. The summed E-state index contributed by atoms with van der Waals surface area (Å²) in [7, 11) is 4.10. The largest absolute Gasteiger partial charge is 0.411 e. The van der Waals surface area contributed by atoms with Gasteiger partial charge in [0, 0.05) is 25.7 Å². The lowest BCUT2D eigenvalue weighted by Gasteiger charge is -2.58. The second-order valence-electron chi connectivity index (χ2n) is 12.2. The molecule has 0 aromatic heterocycles. The van der Waals surface area contributed by atoms with Gasteiger partial charge in [0.05, 0.1) is 11.8 Å². The fourth-order valence-electron chi connectivity index (χ4n) is 8.41. The molecule has 3 saturated carbocycles. The number of benzene rings is 1. The molecular weight excluding hydrogens is 420 g/mol. The predicted octanol–water partition coefficient (Wildman–Crippen LogP) is 6.54. The first-order valence-electron chi connectivity index (χ1n) is 13.3. The van der Waals surface area contributed by atoms with Gasteiger partial charge in [0.25, 0.3) is 0 Å². The van der Waals surface area contributed by atoms with Gasteiger partial charge in [-0.1, -0.05) is 48.9 Å². The Hall–Kier alpha value is -2.07. The first-order valence-corrected chi connectivity index (χ1v) is 13.3. The maximum atomic E-state index is 10.3. The molecule has 0 saturated heterocycles. The zero-order valence-electron chi connectivity index (χ0n) is 21.4. The van der Waals surface area contributed by atoms with E-state index in [-0.39, 0.29) is 16.9 Å². The summed E-state index contributed by atoms with van der Waals surface area (Å²) in [6, 6.07) is 8.50.